The van der Waals surface area contributed by atoms with Gasteiger partial charge in [0.2, 0.25) is 0 Å². The van der Waals surface area contributed by atoms with Crippen molar-refractivity contribution in [2.24, 2.45) is 5.41 Å². The van der Waals surface area contributed by atoms with Crippen molar-refractivity contribution in [3.05, 3.63) is 40.5 Å². The van der Waals surface area contributed by atoms with Crippen molar-refractivity contribution in [3.63, 3.8) is 0 Å². The van der Waals surface area contributed by atoms with Gasteiger partial charge in [-0.3, -0.25) is 0 Å². The second-order valence-corrected chi connectivity index (χ2v) is 5.56. The smallest absolute Gasteiger partial charge is 0.129 e. The Kier molecular flexibility index (Phi) is 3.75. The van der Waals surface area contributed by atoms with Crippen LogP contribution in [0.15, 0.2) is 17.7 Å². The first kappa shape index (κ1) is 13.9. The van der Waals surface area contributed by atoms with E-state index in [0.29, 0.717) is 11.1 Å². The van der Waals surface area contributed by atoms with Gasteiger partial charge in [0, 0.05) is 6.07 Å². The van der Waals surface area contributed by atoms with E-state index in [-0.39, 0.29) is 5.41 Å². The summed E-state index contributed by atoms with van der Waals surface area (Å²) in [5.41, 5.74) is 3.26. The van der Waals surface area contributed by atoms with Crippen molar-refractivity contribution in [2.75, 3.05) is 0 Å². The molecular formula is C15H20F2. The predicted molar refractivity (Wildman–Crippen MR) is 68.8 cm³/mol. The Bertz CT molecular complexity index is 463. The number of halogens is 2. The normalized spacial score (nSPS) is 13.6. The van der Waals surface area contributed by atoms with Gasteiger partial charge >= 0.3 is 0 Å². The molecule has 0 aliphatic rings. The molecule has 0 atom stereocenters. The second kappa shape index (κ2) is 4.59. The zero-order valence-electron chi connectivity index (χ0n) is 11.4. The molecule has 2 heteroatoms. The molecule has 1 aromatic carbocycles. The highest BCUT2D eigenvalue weighted by molar-refractivity contribution is 5.70. The largest absolute Gasteiger partial charge is 0.207 e. The maximum Gasteiger partial charge on any atom is 0.129 e. The predicted octanol–water partition coefficient (Wildman–Crippen LogP) is 5.11. The quantitative estimate of drug-likeness (QED) is 0.637. The van der Waals surface area contributed by atoms with E-state index in [1.165, 1.54) is 6.07 Å². The highest BCUT2D eigenvalue weighted by atomic mass is 19.1. The average Bonchev–Trinajstić information content (AvgIpc) is 2.20. The van der Waals surface area contributed by atoms with Crippen LogP contribution in [0.1, 0.15) is 45.7 Å². The van der Waals surface area contributed by atoms with Crippen LogP contribution in [0, 0.1) is 24.0 Å². The molecule has 0 saturated heterocycles. The Hall–Kier alpha value is -1.18. The third-order valence-corrected chi connectivity index (χ3v) is 3.40. The van der Waals surface area contributed by atoms with Crippen LogP contribution in [0.3, 0.4) is 0 Å². The van der Waals surface area contributed by atoms with Crippen LogP contribution in [-0.4, -0.2) is 0 Å². The van der Waals surface area contributed by atoms with Crippen molar-refractivity contribution in [1.29, 1.82) is 0 Å². The molecule has 0 aromatic heterocycles. The standard InChI is InChI=1S/C15H20F2/c1-9(11(3)15(4,5)6)13-7-12(16)8-14(17)10(13)2/h7-8H,1-6H3/b11-9+. The lowest BCUT2D eigenvalue weighted by molar-refractivity contribution is 0.505. The molecule has 0 unspecified atom stereocenters. The Morgan fingerprint density at radius 3 is 2.06 bits per heavy atom. The Labute approximate surface area is 102 Å². The molecule has 0 heterocycles. The van der Waals surface area contributed by atoms with E-state index in [9.17, 15) is 8.78 Å². The molecule has 0 aliphatic heterocycles. The molecule has 94 valence electrons. The second-order valence-electron chi connectivity index (χ2n) is 5.56. The van der Waals surface area contributed by atoms with Gasteiger partial charge in [-0.15, -0.1) is 0 Å². The molecule has 0 radical (unpaired) electrons. The maximum absolute atomic E-state index is 13.5. The van der Waals surface area contributed by atoms with Crippen LogP contribution in [0.5, 0.6) is 0 Å². The van der Waals surface area contributed by atoms with Crippen molar-refractivity contribution in [3.8, 4) is 0 Å². The molecular weight excluding hydrogens is 218 g/mol. The van der Waals surface area contributed by atoms with E-state index in [0.717, 1.165) is 17.2 Å². The summed E-state index contributed by atoms with van der Waals surface area (Å²) in [6.45, 7) is 11.9. The summed E-state index contributed by atoms with van der Waals surface area (Å²) in [5, 5.41) is 0. The molecule has 0 saturated carbocycles. The summed E-state index contributed by atoms with van der Waals surface area (Å²) in [5.74, 6) is -1.01. The van der Waals surface area contributed by atoms with E-state index in [1.54, 1.807) is 6.92 Å². The Morgan fingerprint density at radius 1 is 1.06 bits per heavy atom. The van der Waals surface area contributed by atoms with Gasteiger partial charge in [-0.05, 0) is 49.0 Å². The highest BCUT2D eigenvalue weighted by Crippen LogP contribution is 2.33. The molecule has 0 nitrogen and oxygen atoms in total. The van der Waals surface area contributed by atoms with E-state index >= 15 is 0 Å². The summed E-state index contributed by atoms with van der Waals surface area (Å²) < 4.78 is 26.8. The van der Waals surface area contributed by atoms with E-state index in [1.807, 2.05) is 13.8 Å². The topological polar surface area (TPSA) is 0 Å². The lowest BCUT2D eigenvalue weighted by atomic mass is 9.82. The van der Waals surface area contributed by atoms with Gasteiger partial charge < -0.3 is 0 Å². The molecule has 17 heavy (non-hydrogen) atoms. The molecule has 0 aliphatic carbocycles. The molecule has 0 N–H and O–H groups in total. The van der Waals surface area contributed by atoms with Gasteiger partial charge in [0.25, 0.3) is 0 Å². The van der Waals surface area contributed by atoms with E-state index in [4.69, 9.17) is 0 Å². The first-order valence-electron chi connectivity index (χ1n) is 5.78. The number of rotatable bonds is 1. The summed E-state index contributed by atoms with van der Waals surface area (Å²) in [6, 6.07) is 2.33. The lowest BCUT2D eigenvalue weighted by Crippen LogP contribution is -2.09. The fraction of sp³-hybridized carbons (Fsp3) is 0.467. The van der Waals surface area contributed by atoms with Crippen LogP contribution in [0.2, 0.25) is 0 Å². The third-order valence-electron chi connectivity index (χ3n) is 3.40. The van der Waals surface area contributed by atoms with Gasteiger partial charge in [0.15, 0.2) is 0 Å². The summed E-state index contributed by atoms with van der Waals surface area (Å²) in [7, 11) is 0. The minimum Gasteiger partial charge on any atom is -0.207 e. The first-order chi connectivity index (χ1) is 7.64. The fourth-order valence-corrected chi connectivity index (χ4v) is 1.80. The summed E-state index contributed by atoms with van der Waals surface area (Å²) in [4.78, 5) is 0. The van der Waals surface area contributed by atoms with Crippen molar-refractivity contribution in [2.45, 2.75) is 41.5 Å². The fourth-order valence-electron chi connectivity index (χ4n) is 1.80. The molecule has 0 fully saturated rings. The van der Waals surface area contributed by atoms with Crippen LogP contribution >= 0.6 is 0 Å². The Balaban J connectivity index is 3.45. The summed E-state index contributed by atoms with van der Waals surface area (Å²) >= 11 is 0. The molecule has 1 aromatic rings. The average molecular weight is 238 g/mol. The van der Waals surface area contributed by atoms with Crippen molar-refractivity contribution in [1.82, 2.24) is 0 Å². The molecule has 0 spiro atoms. The SMILES string of the molecule is C/C(=C(/C)C(C)(C)C)c1cc(F)cc(F)c1C. The third kappa shape index (κ3) is 2.93. The minimum atomic E-state index is -0.524. The minimum absolute atomic E-state index is 0.000677. The van der Waals surface area contributed by atoms with Crippen molar-refractivity contribution >= 4 is 5.57 Å². The molecule has 0 bridgehead atoms. The Morgan fingerprint density at radius 2 is 1.59 bits per heavy atom. The number of hydrogen-bond acceptors (Lipinski definition) is 0. The summed E-state index contributed by atoms with van der Waals surface area (Å²) in [6.07, 6.45) is 0. The number of hydrogen-bond donors (Lipinski definition) is 0. The van der Waals surface area contributed by atoms with Gasteiger partial charge in [-0.2, -0.15) is 0 Å². The number of allylic oxidation sites excluding steroid dienone is 2. The van der Waals surface area contributed by atoms with E-state index < -0.39 is 11.6 Å². The van der Waals surface area contributed by atoms with Gasteiger partial charge in [0.1, 0.15) is 11.6 Å². The lowest BCUT2D eigenvalue weighted by Gasteiger charge is -2.23. The van der Waals surface area contributed by atoms with Crippen LogP contribution in [-0.2, 0) is 0 Å². The maximum atomic E-state index is 13.5. The number of benzene rings is 1. The zero-order valence-corrected chi connectivity index (χ0v) is 11.4. The van der Waals surface area contributed by atoms with Gasteiger partial charge in [-0.1, -0.05) is 26.3 Å². The van der Waals surface area contributed by atoms with E-state index in [2.05, 4.69) is 20.8 Å². The first-order valence-corrected chi connectivity index (χ1v) is 5.78. The zero-order chi connectivity index (χ0) is 13.4. The monoisotopic (exact) mass is 238 g/mol. The van der Waals surface area contributed by atoms with Gasteiger partial charge in [0.05, 0.1) is 0 Å². The van der Waals surface area contributed by atoms with Crippen molar-refractivity contribution < 1.29 is 8.78 Å². The molecule has 1 rings (SSSR count). The van der Waals surface area contributed by atoms with Crippen LogP contribution < -0.4 is 0 Å². The molecule has 0 amide bonds. The van der Waals surface area contributed by atoms with Gasteiger partial charge in [-0.25, -0.2) is 8.78 Å². The van der Waals surface area contributed by atoms with Crippen LogP contribution in [0.25, 0.3) is 5.57 Å². The highest BCUT2D eigenvalue weighted by Gasteiger charge is 2.18. The van der Waals surface area contributed by atoms with Crippen LogP contribution in [0.4, 0.5) is 8.78 Å².